The van der Waals surface area contributed by atoms with Crippen molar-refractivity contribution < 1.29 is 20.1 Å². The van der Waals surface area contributed by atoms with Gasteiger partial charge in [-0.15, -0.1) is 0 Å². The molecule has 2 rings (SSSR count). The van der Waals surface area contributed by atoms with Gasteiger partial charge >= 0.3 is 0 Å². The summed E-state index contributed by atoms with van der Waals surface area (Å²) in [5, 5.41) is 29.2. The summed E-state index contributed by atoms with van der Waals surface area (Å²) in [5.41, 5.74) is -0.449. The van der Waals surface area contributed by atoms with Crippen LogP contribution in [-0.2, 0) is 4.74 Å². The standard InChI is InChI=1S/C13H24O4/c1-9(2)10-4-6-11(3,7-5-10)13(16)12(15,8-14)17-13/h9-10,14-16H,4-8H2,1-3H3. The van der Waals surface area contributed by atoms with E-state index in [1.165, 1.54) is 0 Å². The summed E-state index contributed by atoms with van der Waals surface area (Å²) in [6.07, 6.45) is 3.74. The quantitative estimate of drug-likeness (QED) is 0.653. The highest BCUT2D eigenvalue weighted by Crippen LogP contribution is 2.60. The molecule has 2 aliphatic rings. The van der Waals surface area contributed by atoms with Crippen molar-refractivity contribution >= 4 is 0 Å². The molecule has 17 heavy (non-hydrogen) atoms. The zero-order valence-corrected chi connectivity index (χ0v) is 10.9. The Morgan fingerprint density at radius 3 is 2.12 bits per heavy atom. The molecule has 2 fully saturated rings. The van der Waals surface area contributed by atoms with Crippen molar-refractivity contribution in [3.05, 3.63) is 0 Å². The molecule has 2 unspecified atom stereocenters. The molecule has 0 amide bonds. The molecule has 3 N–H and O–H groups in total. The van der Waals surface area contributed by atoms with Gasteiger partial charge in [0.15, 0.2) is 0 Å². The normalized spacial score (nSPS) is 50.6. The monoisotopic (exact) mass is 244 g/mol. The van der Waals surface area contributed by atoms with Crippen LogP contribution in [0, 0.1) is 17.3 Å². The van der Waals surface area contributed by atoms with E-state index < -0.39 is 23.6 Å². The van der Waals surface area contributed by atoms with Crippen LogP contribution < -0.4 is 0 Å². The van der Waals surface area contributed by atoms with E-state index in [-0.39, 0.29) is 0 Å². The molecular formula is C13H24O4. The van der Waals surface area contributed by atoms with E-state index in [2.05, 4.69) is 13.8 Å². The molecule has 4 nitrogen and oxygen atoms in total. The van der Waals surface area contributed by atoms with Gasteiger partial charge in [0.05, 0.1) is 0 Å². The van der Waals surface area contributed by atoms with Gasteiger partial charge in [-0.2, -0.15) is 0 Å². The molecule has 1 aliphatic heterocycles. The third kappa shape index (κ3) is 1.82. The fraction of sp³-hybridized carbons (Fsp3) is 1.00. The lowest BCUT2D eigenvalue weighted by Crippen LogP contribution is -2.46. The first-order valence-electron chi connectivity index (χ1n) is 6.54. The zero-order valence-electron chi connectivity index (χ0n) is 10.9. The van der Waals surface area contributed by atoms with Crippen LogP contribution in [0.15, 0.2) is 0 Å². The Balaban J connectivity index is 2.04. The number of rotatable bonds is 3. The van der Waals surface area contributed by atoms with Crippen LogP contribution in [0.5, 0.6) is 0 Å². The second kappa shape index (κ2) is 3.92. The second-order valence-corrected chi connectivity index (χ2v) is 6.33. The van der Waals surface area contributed by atoms with Crippen LogP contribution in [0.3, 0.4) is 0 Å². The number of aliphatic hydroxyl groups is 3. The van der Waals surface area contributed by atoms with Crippen LogP contribution in [0.1, 0.15) is 46.5 Å². The number of epoxide rings is 1. The van der Waals surface area contributed by atoms with E-state index in [1.54, 1.807) is 0 Å². The third-order valence-electron chi connectivity index (χ3n) is 4.91. The maximum Gasteiger partial charge on any atom is 0.248 e. The van der Waals surface area contributed by atoms with Crippen molar-refractivity contribution in [1.29, 1.82) is 0 Å². The molecule has 0 radical (unpaired) electrons. The lowest BCUT2D eigenvalue weighted by molar-refractivity contribution is -0.110. The van der Waals surface area contributed by atoms with Gasteiger partial charge < -0.3 is 20.1 Å². The summed E-state index contributed by atoms with van der Waals surface area (Å²) in [4.78, 5) is 0. The van der Waals surface area contributed by atoms with Crippen molar-refractivity contribution in [2.24, 2.45) is 17.3 Å². The summed E-state index contributed by atoms with van der Waals surface area (Å²) < 4.78 is 5.04. The minimum atomic E-state index is -1.74. The van der Waals surface area contributed by atoms with Gasteiger partial charge in [-0.1, -0.05) is 20.8 Å². The largest absolute Gasteiger partial charge is 0.391 e. The molecule has 0 bridgehead atoms. The van der Waals surface area contributed by atoms with Crippen molar-refractivity contribution in [3.8, 4) is 0 Å². The summed E-state index contributed by atoms with van der Waals surface area (Å²) in [5.74, 6) is -1.96. The fourth-order valence-corrected chi connectivity index (χ4v) is 3.24. The van der Waals surface area contributed by atoms with E-state index in [4.69, 9.17) is 9.84 Å². The molecule has 1 saturated heterocycles. The first-order chi connectivity index (χ1) is 7.78. The highest BCUT2D eigenvalue weighted by atomic mass is 16.8. The fourth-order valence-electron chi connectivity index (χ4n) is 3.24. The summed E-state index contributed by atoms with van der Waals surface area (Å²) in [6, 6.07) is 0. The second-order valence-electron chi connectivity index (χ2n) is 6.33. The smallest absolute Gasteiger partial charge is 0.248 e. The maximum absolute atomic E-state index is 10.3. The van der Waals surface area contributed by atoms with E-state index in [0.29, 0.717) is 11.8 Å². The van der Waals surface area contributed by atoms with Crippen LogP contribution in [0.25, 0.3) is 0 Å². The van der Waals surface area contributed by atoms with Crippen LogP contribution in [-0.4, -0.2) is 33.5 Å². The molecule has 0 spiro atoms. The molecule has 1 aliphatic carbocycles. The number of aliphatic hydroxyl groups excluding tert-OH is 1. The summed E-state index contributed by atoms with van der Waals surface area (Å²) >= 11 is 0. The third-order valence-corrected chi connectivity index (χ3v) is 4.91. The predicted molar refractivity (Wildman–Crippen MR) is 63.0 cm³/mol. The lowest BCUT2D eigenvalue weighted by atomic mass is 9.65. The maximum atomic E-state index is 10.3. The van der Waals surface area contributed by atoms with Gasteiger partial charge in [-0.25, -0.2) is 0 Å². The Kier molecular flexibility index (Phi) is 3.06. The number of hydrogen-bond donors (Lipinski definition) is 3. The van der Waals surface area contributed by atoms with Crippen molar-refractivity contribution in [2.45, 2.75) is 58.0 Å². The molecular weight excluding hydrogens is 220 g/mol. The highest BCUT2D eigenvalue weighted by Gasteiger charge is 2.77. The minimum Gasteiger partial charge on any atom is -0.391 e. The van der Waals surface area contributed by atoms with Crippen LogP contribution in [0.2, 0.25) is 0 Å². The van der Waals surface area contributed by atoms with Gasteiger partial charge in [0.25, 0.3) is 0 Å². The molecule has 1 heterocycles. The summed E-state index contributed by atoms with van der Waals surface area (Å²) in [7, 11) is 0. The van der Waals surface area contributed by atoms with Crippen LogP contribution >= 0.6 is 0 Å². The molecule has 4 heteroatoms. The Hall–Kier alpha value is -0.160. The molecule has 1 saturated carbocycles. The van der Waals surface area contributed by atoms with Gasteiger partial charge in [-0.05, 0) is 37.5 Å². The zero-order chi connectivity index (χ0) is 12.9. The average molecular weight is 244 g/mol. The van der Waals surface area contributed by atoms with E-state index >= 15 is 0 Å². The molecule has 0 aromatic heterocycles. The Labute approximate surface area is 103 Å². The van der Waals surface area contributed by atoms with E-state index in [9.17, 15) is 10.2 Å². The van der Waals surface area contributed by atoms with Gasteiger partial charge in [0.2, 0.25) is 11.6 Å². The average Bonchev–Trinajstić information content (AvgIpc) is 2.85. The molecule has 0 aromatic rings. The van der Waals surface area contributed by atoms with Gasteiger partial charge in [-0.3, -0.25) is 0 Å². The molecule has 2 atom stereocenters. The van der Waals surface area contributed by atoms with Crippen molar-refractivity contribution in [3.63, 3.8) is 0 Å². The Morgan fingerprint density at radius 1 is 1.24 bits per heavy atom. The predicted octanol–water partition coefficient (Wildman–Crippen LogP) is 1.24. The number of hydrogen-bond acceptors (Lipinski definition) is 4. The van der Waals surface area contributed by atoms with Gasteiger partial charge in [0, 0.05) is 5.41 Å². The van der Waals surface area contributed by atoms with E-state index in [1.807, 2.05) is 6.92 Å². The van der Waals surface area contributed by atoms with Gasteiger partial charge in [0.1, 0.15) is 6.61 Å². The van der Waals surface area contributed by atoms with Crippen LogP contribution in [0.4, 0.5) is 0 Å². The summed E-state index contributed by atoms with van der Waals surface area (Å²) in [6.45, 7) is 5.84. The lowest BCUT2D eigenvalue weighted by Gasteiger charge is -2.41. The molecule has 100 valence electrons. The van der Waals surface area contributed by atoms with Crippen molar-refractivity contribution in [1.82, 2.24) is 0 Å². The molecule has 0 aromatic carbocycles. The topological polar surface area (TPSA) is 73.2 Å². The number of ether oxygens (including phenoxy) is 1. The first-order valence-corrected chi connectivity index (χ1v) is 6.54. The van der Waals surface area contributed by atoms with Crippen molar-refractivity contribution in [2.75, 3.05) is 6.61 Å². The van der Waals surface area contributed by atoms with E-state index in [0.717, 1.165) is 25.7 Å². The Morgan fingerprint density at radius 2 is 1.76 bits per heavy atom. The minimum absolute atomic E-state index is 0.449. The SMILES string of the molecule is CC(C)C1CCC(C)(C2(O)OC2(O)CO)CC1. The first kappa shape index (κ1) is 13.3. The Bertz CT molecular complexity index is 296. The highest BCUT2D eigenvalue weighted by molar-refractivity contribution is 5.11.